The second-order valence-electron chi connectivity index (χ2n) is 10.8. The molecule has 0 saturated carbocycles. The fourth-order valence-corrected chi connectivity index (χ4v) is 3.76. The van der Waals surface area contributed by atoms with Gasteiger partial charge in [-0.25, -0.2) is 14.8 Å². The van der Waals surface area contributed by atoms with Crippen molar-refractivity contribution < 1.29 is 22.7 Å². The van der Waals surface area contributed by atoms with Crippen molar-refractivity contribution in [2.45, 2.75) is 71.4 Å². The zero-order valence-corrected chi connectivity index (χ0v) is 22.7. The topological polar surface area (TPSA) is 88.2 Å². The van der Waals surface area contributed by atoms with Crippen molar-refractivity contribution >= 4 is 22.8 Å². The van der Waals surface area contributed by atoms with Gasteiger partial charge in [-0.15, -0.1) is 0 Å². The second-order valence-corrected chi connectivity index (χ2v) is 10.8. The largest absolute Gasteiger partial charge is 0.493 e. The van der Waals surface area contributed by atoms with Gasteiger partial charge >= 0.3 is 12.2 Å². The molecule has 206 valence electrons. The van der Waals surface area contributed by atoms with Gasteiger partial charge in [-0.3, -0.25) is 10.9 Å². The van der Waals surface area contributed by atoms with Crippen molar-refractivity contribution in [1.82, 2.24) is 20.7 Å². The summed E-state index contributed by atoms with van der Waals surface area (Å²) in [7, 11) is 0. The summed E-state index contributed by atoms with van der Waals surface area (Å²) in [5.74, 6) is -0.613. The van der Waals surface area contributed by atoms with E-state index in [9.17, 15) is 18.0 Å². The number of ether oxygens (including phenoxy) is 1. The molecule has 0 unspecified atom stereocenters. The standard InChI is InChI=1S/C28H36F3N5O2/c1-7-27(5,6)20-17-18(26(2,3)4)13-14-22(20)38-16-10-15-32-25(37)36-35-23-19-11-8-9-12-21(19)33-24(34-23)28(29,30)31/h8-9,11-14,17H,7,10,15-16H2,1-6H3,(H2,32,36,37)(H,33,34,35). The van der Waals surface area contributed by atoms with Gasteiger partial charge in [0, 0.05) is 17.5 Å². The third kappa shape index (κ3) is 7.26. The molecule has 3 N–H and O–H groups in total. The molecule has 0 atom stereocenters. The van der Waals surface area contributed by atoms with Crippen LogP contribution in [0.25, 0.3) is 10.9 Å². The van der Waals surface area contributed by atoms with Crippen LogP contribution >= 0.6 is 0 Å². The number of aromatic nitrogens is 2. The van der Waals surface area contributed by atoms with Gasteiger partial charge in [0.05, 0.1) is 12.1 Å². The van der Waals surface area contributed by atoms with E-state index in [1.807, 2.05) is 6.07 Å². The fraction of sp³-hybridized carbons (Fsp3) is 0.464. The normalized spacial score (nSPS) is 12.3. The first-order valence-corrected chi connectivity index (χ1v) is 12.6. The van der Waals surface area contributed by atoms with Crippen LogP contribution in [0, 0.1) is 0 Å². The first-order chi connectivity index (χ1) is 17.7. The van der Waals surface area contributed by atoms with E-state index in [-0.39, 0.29) is 22.2 Å². The predicted molar refractivity (Wildman–Crippen MR) is 143 cm³/mol. The quantitative estimate of drug-likeness (QED) is 0.211. The first-order valence-electron chi connectivity index (χ1n) is 12.6. The van der Waals surface area contributed by atoms with Crippen LogP contribution in [-0.2, 0) is 17.0 Å². The molecule has 2 amide bonds. The van der Waals surface area contributed by atoms with E-state index in [0.29, 0.717) is 25.0 Å². The third-order valence-electron chi connectivity index (χ3n) is 6.47. The predicted octanol–water partition coefficient (Wildman–Crippen LogP) is 6.73. The Kier molecular flexibility index (Phi) is 8.74. The number of alkyl halides is 3. The monoisotopic (exact) mass is 531 g/mol. The maximum absolute atomic E-state index is 13.2. The number of anilines is 1. The number of halogens is 3. The maximum Gasteiger partial charge on any atom is 0.451 e. The van der Waals surface area contributed by atoms with E-state index < -0.39 is 18.0 Å². The molecule has 0 aliphatic heterocycles. The molecule has 0 aliphatic rings. The van der Waals surface area contributed by atoms with Gasteiger partial charge in [0.2, 0.25) is 5.82 Å². The summed E-state index contributed by atoms with van der Waals surface area (Å²) in [6.45, 7) is 13.8. The Hall–Kier alpha value is -3.56. The van der Waals surface area contributed by atoms with Crippen LogP contribution in [0.3, 0.4) is 0 Å². The molecule has 3 rings (SSSR count). The number of amides is 2. The van der Waals surface area contributed by atoms with E-state index in [2.05, 4.69) is 79.8 Å². The van der Waals surface area contributed by atoms with E-state index in [0.717, 1.165) is 17.7 Å². The Morgan fingerprint density at radius 2 is 1.71 bits per heavy atom. The Labute approximate surface area is 221 Å². The fourth-order valence-electron chi connectivity index (χ4n) is 3.76. The van der Waals surface area contributed by atoms with Crippen molar-refractivity contribution in [3.8, 4) is 5.75 Å². The van der Waals surface area contributed by atoms with E-state index >= 15 is 0 Å². The molecule has 1 heterocycles. The van der Waals surface area contributed by atoms with Crippen molar-refractivity contribution in [3.63, 3.8) is 0 Å². The molecule has 10 heteroatoms. The Morgan fingerprint density at radius 1 is 1.00 bits per heavy atom. The summed E-state index contributed by atoms with van der Waals surface area (Å²) in [5, 5.41) is 3.00. The number of para-hydroxylation sites is 1. The number of nitrogens with zero attached hydrogens (tertiary/aromatic N) is 2. The SMILES string of the molecule is CCC(C)(C)c1cc(C(C)(C)C)ccc1OCCCNC(=O)NNc1nc(C(F)(F)F)nc2ccccc12. The molecule has 1 aromatic heterocycles. The molecular weight excluding hydrogens is 495 g/mol. The van der Waals surface area contributed by atoms with Gasteiger partial charge in [0.25, 0.3) is 0 Å². The number of fused-ring (bicyclic) bond motifs is 1. The van der Waals surface area contributed by atoms with Crippen LogP contribution in [0.4, 0.5) is 23.8 Å². The number of benzene rings is 2. The Balaban J connectivity index is 1.55. The van der Waals surface area contributed by atoms with Crippen LogP contribution in [0.5, 0.6) is 5.75 Å². The summed E-state index contributed by atoms with van der Waals surface area (Å²) >= 11 is 0. The molecule has 0 radical (unpaired) electrons. The highest BCUT2D eigenvalue weighted by Gasteiger charge is 2.35. The van der Waals surface area contributed by atoms with Crippen LogP contribution in [0.2, 0.25) is 0 Å². The number of urea groups is 1. The number of hydrogen-bond donors (Lipinski definition) is 3. The molecule has 0 saturated heterocycles. The summed E-state index contributed by atoms with van der Waals surface area (Å²) in [4.78, 5) is 19.3. The molecule has 0 spiro atoms. The molecular formula is C28H36F3N5O2. The van der Waals surface area contributed by atoms with Crippen molar-refractivity contribution in [3.05, 3.63) is 59.4 Å². The third-order valence-corrected chi connectivity index (χ3v) is 6.47. The molecule has 7 nitrogen and oxygen atoms in total. The van der Waals surface area contributed by atoms with Gasteiger partial charge in [-0.2, -0.15) is 13.2 Å². The second kappa shape index (κ2) is 11.4. The van der Waals surface area contributed by atoms with Gasteiger partial charge in [-0.05, 0) is 47.4 Å². The first kappa shape index (κ1) is 29.0. The van der Waals surface area contributed by atoms with Crippen molar-refractivity contribution in [1.29, 1.82) is 0 Å². The van der Waals surface area contributed by atoms with Crippen molar-refractivity contribution in [2.24, 2.45) is 0 Å². The lowest BCUT2D eigenvalue weighted by Crippen LogP contribution is -2.40. The molecule has 0 bridgehead atoms. The minimum atomic E-state index is -4.72. The van der Waals surface area contributed by atoms with Gasteiger partial charge in [-0.1, -0.05) is 65.8 Å². The van der Waals surface area contributed by atoms with Crippen LogP contribution < -0.4 is 20.9 Å². The zero-order valence-electron chi connectivity index (χ0n) is 22.7. The summed E-state index contributed by atoms with van der Waals surface area (Å²) in [5.41, 5.74) is 7.27. The molecule has 3 aromatic rings. The smallest absolute Gasteiger partial charge is 0.451 e. The van der Waals surface area contributed by atoms with Gasteiger partial charge in [0.15, 0.2) is 5.82 Å². The number of hydrogen-bond acceptors (Lipinski definition) is 5. The van der Waals surface area contributed by atoms with Gasteiger partial charge in [0.1, 0.15) is 5.75 Å². The molecule has 38 heavy (non-hydrogen) atoms. The van der Waals surface area contributed by atoms with Crippen LogP contribution in [0.1, 0.15) is 71.3 Å². The average molecular weight is 532 g/mol. The highest BCUT2D eigenvalue weighted by molar-refractivity contribution is 5.89. The average Bonchev–Trinajstić information content (AvgIpc) is 2.85. The minimum absolute atomic E-state index is 0.0226. The number of carbonyl (C=O) groups is 1. The number of nitrogens with one attached hydrogen (secondary N) is 3. The van der Waals surface area contributed by atoms with E-state index in [1.54, 1.807) is 18.2 Å². The number of hydrazine groups is 1. The lowest BCUT2D eigenvalue weighted by molar-refractivity contribution is -0.144. The van der Waals surface area contributed by atoms with Crippen LogP contribution in [-0.4, -0.2) is 29.2 Å². The molecule has 0 aliphatic carbocycles. The Bertz CT molecular complexity index is 1270. The van der Waals surface area contributed by atoms with Crippen LogP contribution in [0.15, 0.2) is 42.5 Å². The summed E-state index contributed by atoms with van der Waals surface area (Å²) in [6.07, 6.45) is -3.23. The summed E-state index contributed by atoms with van der Waals surface area (Å²) < 4.78 is 45.6. The lowest BCUT2D eigenvalue weighted by atomic mass is 9.78. The van der Waals surface area contributed by atoms with E-state index in [4.69, 9.17) is 4.74 Å². The summed E-state index contributed by atoms with van der Waals surface area (Å²) in [6, 6.07) is 11.9. The van der Waals surface area contributed by atoms with E-state index in [1.165, 1.54) is 11.6 Å². The highest BCUT2D eigenvalue weighted by atomic mass is 19.4. The van der Waals surface area contributed by atoms with Gasteiger partial charge < -0.3 is 10.1 Å². The number of rotatable bonds is 9. The molecule has 2 aromatic carbocycles. The van der Waals surface area contributed by atoms with Crippen molar-refractivity contribution in [2.75, 3.05) is 18.6 Å². The highest BCUT2D eigenvalue weighted by Crippen LogP contribution is 2.37. The zero-order chi connectivity index (χ0) is 28.1. The molecule has 0 fully saturated rings. The minimum Gasteiger partial charge on any atom is -0.493 e. The Morgan fingerprint density at radius 3 is 2.37 bits per heavy atom. The number of carbonyl (C=O) groups excluding carboxylic acids is 1. The maximum atomic E-state index is 13.2. The lowest BCUT2D eigenvalue weighted by Gasteiger charge is -2.29.